The number of fused-ring (bicyclic) bond motifs is 1. The third-order valence-corrected chi connectivity index (χ3v) is 5.55. The molecule has 0 radical (unpaired) electrons. The SMILES string of the molecule is CC(SCc1nc(C2(N)CCC2)no1)c1nc2ccccc2[nH]1. The van der Waals surface area contributed by atoms with Gasteiger partial charge in [0.25, 0.3) is 0 Å². The van der Waals surface area contributed by atoms with E-state index in [1.165, 1.54) is 0 Å². The molecular formula is C16H19N5OS. The second kappa shape index (κ2) is 5.65. The standard InChI is InChI=1S/C16H19N5OS/c1-10(14-18-11-5-2-3-6-12(11)19-14)23-9-13-20-15(21-22-13)16(17)7-4-8-16/h2-3,5-6,10H,4,7-9,17H2,1H3,(H,18,19). The monoisotopic (exact) mass is 329 g/mol. The summed E-state index contributed by atoms with van der Waals surface area (Å²) in [5.74, 6) is 2.90. The van der Waals surface area contributed by atoms with Crippen LogP contribution < -0.4 is 5.73 Å². The highest BCUT2D eigenvalue weighted by molar-refractivity contribution is 7.98. The largest absolute Gasteiger partial charge is 0.341 e. The maximum atomic E-state index is 6.22. The fourth-order valence-corrected chi connectivity index (χ4v) is 3.52. The summed E-state index contributed by atoms with van der Waals surface area (Å²) in [5, 5.41) is 4.26. The molecule has 6 nitrogen and oxygen atoms in total. The quantitative estimate of drug-likeness (QED) is 0.746. The number of aromatic nitrogens is 4. The third kappa shape index (κ3) is 2.74. The van der Waals surface area contributed by atoms with Gasteiger partial charge < -0.3 is 15.2 Å². The lowest BCUT2D eigenvalue weighted by atomic mass is 9.77. The average molecular weight is 329 g/mol. The molecule has 0 spiro atoms. The number of nitrogens with zero attached hydrogens (tertiary/aromatic N) is 3. The zero-order valence-electron chi connectivity index (χ0n) is 13.0. The first-order valence-electron chi connectivity index (χ1n) is 7.82. The summed E-state index contributed by atoms with van der Waals surface area (Å²) in [6.07, 6.45) is 3.02. The lowest BCUT2D eigenvalue weighted by Crippen LogP contribution is -2.44. The van der Waals surface area contributed by atoms with Crippen molar-refractivity contribution in [3.05, 3.63) is 41.8 Å². The van der Waals surface area contributed by atoms with Gasteiger partial charge in [-0.2, -0.15) is 4.98 Å². The second-order valence-electron chi connectivity index (χ2n) is 6.11. The number of hydrogen-bond acceptors (Lipinski definition) is 6. The first-order chi connectivity index (χ1) is 11.1. The Hall–Kier alpha value is -1.86. The van der Waals surface area contributed by atoms with E-state index in [-0.39, 0.29) is 10.8 Å². The van der Waals surface area contributed by atoms with Gasteiger partial charge in [-0.1, -0.05) is 17.3 Å². The first-order valence-corrected chi connectivity index (χ1v) is 8.87. The van der Waals surface area contributed by atoms with Crippen molar-refractivity contribution >= 4 is 22.8 Å². The van der Waals surface area contributed by atoms with Gasteiger partial charge in [0.05, 0.1) is 27.6 Å². The van der Waals surface area contributed by atoms with Gasteiger partial charge >= 0.3 is 0 Å². The number of benzene rings is 1. The number of aromatic amines is 1. The Labute approximate surface area is 138 Å². The summed E-state index contributed by atoms with van der Waals surface area (Å²) >= 11 is 1.72. The molecule has 3 N–H and O–H groups in total. The Morgan fingerprint density at radius 1 is 1.35 bits per heavy atom. The van der Waals surface area contributed by atoms with E-state index in [4.69, 9.17) is 10.3 Å². The minimum absolute atomic E-state index is 0.216. The van der Waals surface area contributed by atoms with Gasteiger partial charge in [-0.05, 0) is 38.3 Å². The molecule has 0 aliphatic heterocycles. The van der Waals surface area contributed by atoms with E-state index in [0.29, 0.717) is 17.5 Å². The molecule has 0 saturated heterocycles. The van der Waals surface area contributed by atoms with Crippen LogP contribution in [0.2, 0.25) is 0 Å². The van der Waals surface area contributed by atoms with Crippen LogP contribution in [0.25, 0.3) is 11.0 Å². The summed E-state index contributed by atoms with van der Waals surface area (Å²) in [5.41, 5.74) is 7.91. The van der Waals surface area contributed by atoms with Crippen LogP contribution in [-0.2, 0) is 11.3 Å². The molecular weight excluding hydrogens is 310 g/mol. The van der Waals surface area contributed by atoms with Crippen molar-refractivity contribution < 1.29 is 4.52 Å². The predicted octanol–water partition coefficient (Wildman–Crippen LogP) is 3.28. The third-order valence-electron chi connectivity index (χ3n) is 4.41. The van der Waals surface area contributed by atoms with Gasteiger partial charge in [0.15, 0.2) is 5.82 Å². The van der Waals surface area contributed by atoms with Crippen LogP contribution >= 0.6 is 11.8 Å². The average Bonchev–Trinajstić information content (AvgIpc) is 3.17. The van der Waals surface area contributed by atoms with Crippen LogP contribution in [-0.4, -0.2) is 20.1 Å². The molecule has 1 aliphatic rings. The van der Waals surface area contributed by atoms with Gasteiger partial charge in [0.2, 0.25) is 5.89 Å². The van der Waals surface area contributed by atoms with Crippen molar-refractivity contribution in [2.45, 2.75) is 42.7 Å². The normalized spacial score (nSPS) is 18.0. The number of thioether (sulfide) groups is 1. The van der Waals surface area contributed by atoms with Crippen LogP contribution in [0.15, 0.2) is 28.8 Å². The van der Waals surface area contributed by atoms with E-state index in [9.17, 15) is 0 Å². The van der Waals surface area contributed by atoms with Crippen LogP contribution in [0.1, 0.15) is 49.0 Å². The van der Waals surface area contributed by atoms with Crippen molar-refractivity contribution in [2.75, 3.05) is 0 Å². The highest BCUT2D eigenvalue weighted by atomic mass is 32.2. The van der Waals surface area contributed by atoms with Crippen LogP contribution in [0.5, 0.6) is 0 Å². The molecule has 0 bridgehead atoms. The minimum atomic E-state index is -0.364. The number of para-hydroxylation sites is 2. The predicted molar refractivity (Wildman–Crippen MR) is 89.8 cm³/mol. The highest BCUT2D eigenvalue weighted by Gasteiger charge is 2.38. The van der Waals surface area contributed by atoms with Crippen molar-refractivity contribution in [3.8, 4) is 0 Å². The van der Waals surface area contributed by atoms with Gasteiger partial charge in [-0.3, -0.25) is 0 Å². The Morgan fingerprint density at radius 3 is 2.91 bits per heavy atom. The minimum Gasteiger partial charge on any atom is -0.341 e. The Balaban J connectivity index is 1.42. The number of nitrogens with one attached hydrogen (secondary N) is 1. The van der Waals surface area contributed by atoms with Gasteiger partial charge in [-0.15, -0.1) is 11.8 Å². The Bertz CT molecular complexity index is 790. The molecule has 7 heteroatoms. The number of H-pyrrole nitrogens is 1. The maximum Gasteiger partial charge on any atom is 0.236 e. The molecule has 1 aliphatic carbocycles. The molecule has 0 amide bonds. The number of nitrogens with two attached hydrogens (primary N) is 1. The molecule has 1 aromatic carbocycles. The summed E-state index contributed by atoms with van der Waals surface area (Å²) in [6.45, 7) is 2.12. The number of rotatable bonds is 5. The summed E-state index contributed by atoms with van der Waals surface area (Å²) < 4.78 is 5.34. The molecule has 1 unspecified atom stereocenters. The van der Waals surface area contributed by atoms with E-state index in [1.807, 2.05) is 24.3 Å². The van der Waals surface area contributed by atoms with Gasteiger partial charge in [-0.25, -0.2) is 4.98 Å². The van der Waals surface area contributed by atoms with Crippen molar-refractivity contribution in [1.82, 2.24) is 20.1 Å². The lowest BCUT2D eigenvalue weighted by molar-refractivity contribution is 0.229. The molecule has 2 heterocycles. The number of hydrogen-bond donors (Lipinski definition) is 2. The van der Waals surface area contributed by atoms with Crippen LogP contribution in [0.3, 0.4) is 0 Å². The van der Waals surface area contributed by atoms with Crippen LogP contribution in [0.4, 0.5) is 0 Å². The van der Waals surface area contributed by atoms with E-state index in [2.05, 4.69) is 27.0 Å². The first kappa shape index (κ1) is 14.7. The summed E-state index contributed by atoms with van der Waals surface area (Å²) in [4.78, 5) is 12.4. The topological polar surface area (TPSA) is 93.6 Å². The Morgan fingerprint density at radius 2 is 2.17 bits per heavy atom. The Kier molecular flexibility index (Phi) is 3.61. The molecule has 120 valence electrons. The summed E-state index contributed by atoms with van der Waals surface area (Å²) in [6, 6.07) is 8.04. The maximum absolute atomic E-state index is 6.22. The zero-order chi connectivity index (χ0) is 15.9. The van der Waals surface area contributed by atoms with E-state index in [0.717, 1.165) is 36.1 Å². The van der Waals surface area contributed by atoms with Crippen molar-refractivity contribution in [2.24, 2.45) is 5.73 Å². The second-order valence-corrected chi connectivity index (χ2v) is 7.44. The van der Waals surface area contributed by atoms with E-state index >= 15 is 0 Å². The molecule has 4 rings (SSSR count). The highest BCUT2D eigenvalue weighted by Crippen LogP contribution is 2.37. The van der Waals surface area contributed by atoms with Crippen molar-refractivity contribution in [3.63, 3.8) is 0 Å². The zero-order valence-corrected chi connectivity index (χ0v) is 13.8. The molecule has 3 aromatic rings. The van der Waals surface area contributed by atoms with Crippen molar-refractivity contribution in [1.29, 1.82) is 0 Å². The fraction of sp³-hybridized carbons (Fsp3) is 0.438. The molecule has 1 fully saturated rings. The van der Waals surface area contributed by atoms with E-state index in [1.54, 1.807) is 11.8 Å². The number of imidazole rings is 1. The molecule has 1 atom stereocenters. The van der Waals surface area contributed by atoms with Crippen LogP contribution in [0, 0.1) is 0 Å². The molecule has 1 saturated carbocycles. The smallest absolute Gasteiger partial charge is 0.236 e. The van der Waals surface area contributed by atoms with E-state index < -0.39 is 0 Å². The molecule has 23 heavy (non-hydrogen) atoms. The molecule has 2 aromatic heterocycles. The lowest BCUT2D eigenvalue weighted by Gasteiger charge is -2.34. The van der Waals surface area contributed by atoms with Gasteiger partial charge in [0.1, 0.15) is 5.82 Å². The summed E-state index contributed by atoms with van der Waals surface area (Å²) in [7, 11) is 0. The fourth-order valence-electron chi connectivity index (χ4n) is 2.74. The van der Waals surface area contributed by atoms with Gasteiger partial charge in [0, 0.05) is 0 Å².